The Labute approximate surface area is 235 Å². The fourth-order valence-electron chi connectivity index (χ4n) is 6.11. The second kappa shape index (κ2) is 11.6. The highest BCUT2D eigenvalue weighted by atomic mass is 16.2. The van der Waals surface area contributed by atoms with E-state index in [4.69, 9.17) is 4.98 Å². The summed E-state index contributed by atoms with van der Waals surface area (Å²) in [5.41, 5.74) is 4.22. The second-order valence-electron chi connectivity index (χ2n) is 10.9. The van der Waals surface area contributed by atoms with Crippen molar-refractivity contribution in [1.82, 2.24) is 25.0 Å². The van der Waals surface area contributed by atoms with Gasteiger partial charge in [0.2, 0.25) is 11.8 Å². The van der Waals surface area contributed by atoms with Gasteiger partial charge in [-0.3, -0.25) is 19.3 Å². The number of likely N-dealkylation sites (tertiary alicyclic amines) is 1. The lowest BCUT2D eigenvalue weighted by Gasteiger charge is -2.43. The van der Waals surface area contributed by atoms with Crippen LogP contribution in [0.1, 0.15) is 36.0 Å². The van der Waals surface area contributed by atoms with E-state index in [1.807, 2.05) is 82.6 Å². The number of rotatable bonds is 5. The van der Waals surface area contributed by atoms with E-state index in [0.29, 0.717) is 37.5 Å². The van der Waals surface area contributed by atoms with Gasteiger partial charge in [0.15, 0.2) is 0 Å². The molecule has 1 atom stereocenters. The van der Waals surface area contributed by atoms with Crippen molar-refractivity contribution in [3.8, 4) is 22.5 Å². The van der Waals surface area contributed by atoms with E-state index in [0.717, 1.165) is 61.5 Å². The molecule has 0 radical (unpaired) electrons. The molecule has 0 spiro atoms. The third kappa shape index (κ3) is 5.63. The Balaban J connectivity index is 1.10. The lowest BCUT2D eigenvalue weighted by Crippen LogP contribution is -2.55. The number of aromatic nitrogens is 1. The Hall–Kier alpha value is -4.04. The first-order valence-electron chi connectivity index (χ1n) is 14.3. The molecule has 1 aromatic heterocycles. The number of benzene rings is 2. The Bertz CT molecular complexity index is 1310. The molecule has 4 heterocycles. The molecule has 40 heavy (non-hydrogen) atoms. The van der Waals surface area contributed by atoms with Gasteiger partial charge < -0.3 is 15.1 Å². The van der Waals surface area contributed by atoms with Crippen LogP contribution in [0.4, 0.5) is 0 Å². The highest BCUT2D eigenvalue weighted by molar-refractivity contribution is 5.96. The number of carbonyl (C=O) groups is 3. The van der Waals surface area contributed by atoms with Crippen molar-refractivity contribution in [3.63, 3.8) is 0 Å². The highest BCUT2D eigenvalue weighted by Gasteiger charge is 2.35. The van der Waals surface area contributed by atoms with Crippen molar-refractivity contribution in [2.45, 2.75) is 37.8 Å². The fourth-order valence-corrected chi connectivity index (χ4v) is 6.11. The van der Waals surface area contributed by atoms with Gasteiger partial charge in [-0.15, -0.1) is 0 Å². The minimum Gasteiger partial charge on any atom is -0.344 e. The Morgan fingerprint density at radius 3 is 1.82 bits per heavy atom. The molecule has 3 aromatic rings. The number of pyridine rings is 1. The molecule has 3 amide bonds. The first kappa shape index (κ1) is 26.2. The van der Waals surface area contributed by atoms with E-state index in [9.17, 15) is 14.4 Å². The molecule has 3 aliphatic heterocycles. The monoisotopic (exact) mass is 537 g/mol. The third-order valence-electron chi connectivity index (χ3n) is 8.40. The quantitative estimate of drug-likeness (QED) is 0.539. The predicted molar refractivity (Wildman–Crippen MR) is 153 cm³/mol. The smallest absolute Gasteiger partial charge is 0.254 e. The Morgan fingerprint density at radius 1 is 0.725 bits per heavy atom. The maximum absolute atomic E-state index is 13.7. The van der Waals surface area contributed by atoms with Crippen molar-refractivity contribution in [2.24, 2.45) is 0 Å². The van der Waals surface area contributed by atoms with E-state index < -0.39 is 0 Å². The lowest BCUT2D eigenvalue weighted by molar-refractivity contribution is -0.136. The largest absolute Gasteiger partial charge is 0.344 e. The molecule has 2 aromatic carbocycles. The van der Waals surface area contributed by atoms with Crippen LogP contribution >= 0.6 is 0 Å². The van der Waals surface area contributed by atoms with Gasteiger partial charge >= 0.3 is 0 Å². The van der Waals surface area contributed by atoms with Gasteiger partial charge in [-0.2, -0.15) is 0 Å². The van der Waals surface area contributed by atoms with Crippen LogP contribution in [0.3, 0.4) is 0 Å². The predicted octanol–water partition coefficient (Wildman–Crippen LogP) is 3.44. The normalized spacial score (nSPS) is 20.4. The molecule has 1 N–H and O–H groups in total. The summed E-state index contributed by atoms with van der Waals surface area (Å²) in [6.07, 6.45) is 2.89. The summed E-state index contributed by atoms with van der Waals surface area (Å²) in [6, 6.07) is 23.9. The van der Waals surface area contributed by atoms with Gasteiger partial charge in [0.25, 0.3) is 5.91 Å². The number of piperidine rings is 1. The van der Waals surface area contributed by atoms with Crippen LogP contribution in [0, 0.1) is 0 Å². The van der Waals surface area contributed by atoms with Gasteiger partial charge in [0.05, 0.1) is 11.4 Å². The summed E-state index contributed by atoms with van der Waals surface area (Å²) in [5, 5.41) is 2.80. The molecule has 0 saturated carbocycles. The number of hydrogen-bond acceptors (Lipinski definition) is 5. The lowest BCUT2D eigenvalue weighted by atomic mass is 10.0. The van der Waals surface area contributed by atoms with Crippen molar-refractivity contribution in [1.29, 1.82) is 0 Å². The summed E-state index contributed by atoms with van der Waals surface area (Å²) in [5.74, 6) is 0.0669. The Morgan fingerprint density at radius 2 is 1.30 bits per heavy atom. The molecular weight excluding hydrogens is 502 g/mol. The van der Waals surface area contributed by atoms with E-state index in [1.165, 1.54) is 0 Å². The summed E-state index contributed by atoms with van der Waals surface area (Å²) >= 11 is 0. The molecule has 0 unspecified atom stereocenters. The average molecular weight is 538 g/mol. The van der Waals surface area contributed by atoms with E-state index in [2.05, 4.69) is 10.2 Å². The third-order valence-corrected chi connectivity index (χ3v) is 8.40. The van der Waals surface area contributed by atoms with Crippen LogP contribution in [0.15, 0.2) is 72.8 Å². The molecule has 206 valence electrons. The zero-order valence-electron chi connectivity index (χ0n) is 22.7. The van der Waals surface area contributed by atoms with Crippen LogP contribution in [0.25, 0.3) is 22.5 Å². The number of amides is 3. The first-order valence-corrected chi connectivity index (χ1v) is 14.3. The molecular formula is C32H35N5O3. The molecule has 8 nitrogen and oxygen atoms in total. The van der Waals surface area contributed by atoms with Crippen LogP contribution in [-0.4, -0.2) is 88.8 Å². The number of nitrogens with zero attached hydrogens (tertiary/aromatic N) is 4. The van der Waals surface area contributed by atoms with Crippen molar-refractivity contribution in [3.05, 3.63) is 78.4 Å². The topological polar surface area (TPSA) is 85.9 Å². The fraction of sp³-hybridized carbons (Fsp3) is 0.375. The summed E-state index contributed by atoms with van der Waals surface area (Å²) in [6.45, 7) is 4.44. The molecule has 6 rings (SSSR count). The van der Waals surface area contributed by atoms with Crippen LogP contribution in [0.2, 0.25) is 0 Å². The number of piperazine rings is 1. The van der Waals surface area contributed by atoms with Crippen LogP contribution in [0.5, 0.6) is 0 Å². The van der Waals surface area contributed by atoms with Gasteiger partial charge in [-0.1, -0.05) is 60.7 Å². The average Bonchev–Trinajstić information content (AvgIpc) is 3.47. The van der Waals surface area contributed by atoms with Crippen LogP contribution in [-0.2, 0) is 9.59 Å². The minimum absolute atomic E-state index is 0.0278. The standard InChI is InChI=1S/C32H35N5O3/c38-30-12-11-27(34-30)32(40)36-15-13-26(14-16-36)35-17-19-37(20-18-35)31(39)25-21-28(23-7-3-1-4-8-23)33-29(22-25)24-9-5-2-6-10-24/h1-10,21-22,26-27H,11-20H2,(H,34,38)/t27-/m0/s1. The maximum Gasteiger partial charge on any atom is 0.254 e. The molecule has 0 aliphatic carbocycles. The van der Waals surface area contributed by atoms with Crippen molar-refractivity contribution < 1.29 is 14.4 Å². The van der Waals surface area contributed by atoms with E-state index >= 15 is 0 Å². The van der Waals surface area contributed by atoms with Crippen molar-refractivity contribution >= 4 is 17.7 Å². The summed E-state index contributed by atoms with van der Waals surface area (Å²) in [7, 11) is 0. The van der Waals surface area contributed by atoms with Gasteiger partial charge in [0.1, 0.15) is 6.04 Å². The van der Waals surface area contributed by atoms with Gasteiger partial charge in [-0.05, 0) is 31.4 Å². The maximum atomic E-state index is 13.7. The van der Waals surface area contributed by atoms with E-state index in [1.54, 1.807) is 0 Å². The minimum atomic E-state index is -0.350. The molecule has 3 fully saturated rings. The number of hydrogen-bond donors (Lipinski definition) is 1. The summed E-state index contributed by atoms with van der Waals surface area (Å²) in [4.78, 5) is 49.2. The molecule has 3 aliphatic rings. The van der Waals surface area contributed by atoms with Crippen LogP contribution < -0.4 is 5.32 Å². The summed E-state index contributed by atoms with van der Waals surface area (Å²) < 4.78 is 0. The zero-order valence-corrected chi connectivity index (χ0v) is 22.7. The highest BCUT2D eigenvalue weighted by Crippen LogP contribution is 2.26. The SMILES string of the molecule is O=C1CC[C@@H](C(=O)N2CCC(N3CCN(C(=O)c4cc(-c5ccccc5)nc(-c5ccccc5)c4)CC3)CC2)N1. The molecule has 3 saturated heterocycles. The molecule has 8 heteroatoms. The molecule has 0 bridgehead atoms. The van der Waals surface area contributed by atoms with Gasteiger partial charge in [0, 0.05) is 68.4 Å². The van der Waals surface area contributed by atoms with Crippen molar-refractivity contribution in [2.75, 3.05) is 39.3 Å². The first-order chi connectivity index (χ1) is 19.5. The van der Waals surface area contributed by atoms with Gasteiger partial charge in [-0.25, -0.2) is 4.98 Å². The Kier molecular flexibility index (Phi) is 7.60. The number of nitrogens with one attached hydrogen (secondary N) is 1. The second-order valence-corrected chi connectivity index (χ2v) is 10.9. The number of carbonyl (C=O) groups excluding carboxylic acids is 3. The zero-order chi connectivity index (χ0) is 27.5. The van der Waals surface area contributed by atoms with E-state index in [-0.39, 0.29) is 23.8 Å².